The molecule has 0 spiro atoms. The third kappa shape index (κ3) is 4.39. The molecule has 0 aliphatic carbocycles. The highest BCUT2D eigenvalue weighted by atomic mass is 32.1. The Labute approximate surface area is 143 Å². The summed E-state index contributed by atoms with van der Waals surface area (Å²) in [5.41, 5.74) is 1.97. The number of nitrogens with one attached hydrogen (secondary N) is 2. The molecule has 0 unspecified atom stereocenters. The Bertz CT molecular complexity index is 798. The van der Waals surface area contributed by atoms with Gasteiger partial charge in [-0.05, 0) is 24.1 Å². The minimum absolute atomic E-state index is 0.296. The number of carbonyl (C=O) groups excluding carboxylic acids is 1. The Morgan fingerprint density at radius 1 is 1.29 bits per heavy atom. The molecule has 8 heteroatoms. The van der Waals surface area contributed by atoms with Crippen molar-refractivity contribution in [1.82, 2.24) is 25.1 Å². The first-order valence-corrected chi connectivity index (χ1v) is 8.51. The molecule has 24 heavy (non-hydrogen) atoms. The predicted molar refractivity (Wildman–Crippen MR) is 92.9 cm³/mol. The van der Waals surface area contributed by atoms with Crippen molar-refractivity contribution in [2.45, 2.75) is 26.4 Å². The summed E-state index contributed by atoms with van der Waals surface area (Å²) in [5.74, 6) is 0.508. The number of rotatable bonds is 6. The molecular weight excluding hydrogens is 324 g/mol. The number of thiazole rings is 1. The number of hydrogen-bond donors (Lipinski definition) is 2. The molecule has 2 amide bonds. The van der Waals surface area contributed by atoms with E-state index in [1.165, 1.54) is 0 Å². The molecule has 3 aromatic heterocycles. The molecule has 0 aromatic carbocycles. The van der Waals surface area contributed by atoms with Crippen molar-refractivity contribution in [3.05, 3.63) is 58.4 Å². The van der Waals surface area contributed by atoms with Crippen LogP contribution in [0.4, 0.5) is 10.6 Å². The van der Waals surface area contributed by atoms with Gasteiger partial charge in [-0.25, -0.2) is 9.78 Å². The molecule has 7 nitrogen and oxygen atoms in total. The number of nitrogens with zero attached hydrogens (tertiary/aromatic N) is 4. The van der Waals surface area contributed by atoms with Crippen LogP contribution in [0, 0.1) is 0 Å². The third-order valence-electron chi connectivity index (χ3n) is 3.31. The van der Waals surface area contributed by atoms with E-state index >= 15 is 0 Å². The molecule has 3 heterocycles. The molecule has 0 saturated carbocycles. The zero-order valence-electron chi connectivity index (χ0n) is 13.3. The highest BCUT2D eigenvalue weighted by Gasteiger charge is 2.06. The largest absolute Gasteiger partial charge is 0.332 e. The van der Waals surface area contributed by atoms with Crippen LogP contribution in [0.3, 0.4) is 0 Å². The van der Waals surface area contributed by atoms with Gasteiger partial charge in [0.15, 0.2) is 5.82 Å². The van der Waals surface area contributed by atoms with Crippen LogP contribution in [0.1, 0.15) is 23.2 Å². The quantitative estimate of drug-likeness (QED) is 0.721. The van der Waals surface area contributed by atoms with Gasteiger partial charge in [-0.15, -0.1) is 11.3 Å². The number of aryl methyl sites for hydroxylation is 1. The second-order valence-corrected chi connectivity index (χ2v) is 6.09. The standard InChI is InChI=1S/C16H18N6OS/c1-2-15-19-13(11-24-15)9-18-16(23)20-14-5-8-22(21-14)10-12-3-6-17-7-4-12/h3-8,11H,2,9-10H2,1H3,(H2,18,20,21,23). The van der Waals surface area contributed by atoms with Crippen LogP contribution in [0.2, 0.25) is 0 Å². The smallest absolute Gasteiger partial charge is 0.320 e. The van der Waals surface area contributed by atoms with Gasteiger partial charge in [-0.2, -0.15) is 5.10 Å². The van der Waals surface area contributed by atoms with E-state index in [4.69, 9.17) is 0 Å². The minimum Gasteiger partial charge on any atom is -0.332 e. The Morgan fingerprint density at radius 2 is 2.12 bits per heavy atom. The minimum atomic E-state index is -0.296. The SMILES string of the molecule is CCc1nc(CNC(=O)Nc2ccn(Cc3ccncc3)n2)cs1. The summed E-state index contributed by atoms with van der Waals surface area (Å²) in [6, 6.07) is 5.33. The van der Waals surface area contributed by atoms with Crippen LogP contribution in [0.5, 0.6) is 0 Å². The first-order valence-electron chi connectivity index (χ1n) is 7.63. The predicted octanol–water partition coefficient (Wildman–Crippen LogP) is 2.67. The second kappa shape index (κ2) is 7.69. The zero-order chi connectivity index (χ0) is 16.8. The summed E-state index contributed by atoms with van der Waals surface area (Å²) in [6.45, 7) is 3.09. The van der Waals surface area contributed by atoms with Gasteiger partial charge < -0.3 is 5.32 Å². The fourth-order valence-corrected chi connectivity index (χ4v) is 2.86. The first kappa shape index (κ1) is 16.1. The molecule has 0 aliphatic rings. The summed E-state index contributed by atoms with van der Waals surface area (Å²) in [5, 5.41) is 12.9. The van der Waals surface area contributed by atoms with Crippen molar-refractivity contribution in [2.24, 2.45) is 0 Å². The van der Waals surface area contributed by atoms with E-state index in [-0.39, 0.29) is 6.03 Å². The molecule has 2 N–H and O–H groups in total. The highest BCUT2D eigenvalue weighted by molar-refractivity contribution is 7.09. The van der Waals surface area contributed by atoms with E-state index in [0.29, 0.717) is 18.9 Å². The second-order valence-electron chi connectivity index (χ2n) is 5.15. The van der Waals surface area contributed by atoms with Crippen LogP contribution in [0.25, 0.3) is 0 Å². The third-order valence-corrected chi connectivity index (χ3v) is 4.35. The molecule has 0 aliphatic heterocycles. The summed E-state index contributed by atoms with van der Waals surface area (Å²) in [7, 11) is 0. The van der Waals surface area contributed by atoms with Crippen LogP contribution in [0.15, 0.2) is 42.2 Å². The lowest BCUT2D eigenvalue weighted by Gasteiger charge is -2.04. The Balaban J connectivity index is 1.49. The van der Waals surface area contributed by atoms with Crippen LogP contribution < -0.4 is 10.6 Å². The summed E-state index contributed by atoms with van der Waals surface area (Å²) in [4.78, 5) is 20.3. The lowest BCUT2D eigenvalue weighted by atomic mass is 10.3. The summed E-state index contributed by atoms with van der Waals surface area (Å²) in [6.07, 6.45) is 6.22. The number of hydrogen-bond acceptors (Lipinski definition) is 5. The average molecular weight is 342 g/mol. The fourth-order valence-electron chi connectivity index (χ4n) is 2.12. The topological polar surface area (TPSA) is 84.7 Å². The number of urea groups is 1. The highest BCUT2D eigenvalue weighted by Crippen LogP contribution is 2.10. The average Bonchev–Trinajstić information content (AvgIpc) is 3.23. The normalized spacial score (nSPS) is 10.5. The van der Waals surface area contributed by atoms with Crippen molar-refractivity contribution in [3.63, 3.8) is 0 Å². The Kier molecular flexibility index (Phi) is 5.17. The molecule has 0 atom stereocenters. The van der Waals surface area contributed by atoms with Crippen molar-refractivity contribution in [1.29, 1.82) is 0 Å². The van der Waals surface area contributed by atoms with Gasteiger partial charge in [0.05, 0.1) is 23.8 Å². The van der Waals surface area contributed by atoms with E-state index in [9.17, 15) is 4.79 Å². The Hall–Kier alpha value is -2.74. The molecule has 0 saturated heterocycles. The van der Waals surface area contributed by atoms with Crippen molar-refractivity contribution >= 4 is 23.2 Å². The first-order chi connectivity index (χ1) is 11.7. The maximum absolute atomic E-state index is 11.9. The van der Waals surface area contributed by atoms with Gasteiger partial charge in [0.25, 0.3) is 0 Å². The van der Waals surface area contributed by atoms with Crippen molar-refractivity contribution < 1.29 is 4.79 Å². The number of carbonyl (C=O) groups is 1. The van der Waals surface area contributed by atoms with Gasteiger partial charge in [0.2, 0.25) is 0 Å². The maximum Gasteiger partial charge on any atom is 0.320 e. The van der Waals surface area contributed by atoms with Crippen LogP contribution >= 0.6 is 11.3 Å². The van der Waals surface area contributed by atoms with E-state index in [2.05, 4.69) is 32.6 Å². The number of pyridine rings is 1. The molecule has 3 rings (SSSR count). The monoisotopic (exact) mass is 342 g/mol. The van der Waals surface area contributed by atoms with E-state index < -0.39 is 0 Å². The lowest BCUT2D eigenvalue weighted by Crippen LogP contribution is -2.28. The molecule has 124 valence electrons. The van der Waals surface area contributed by atoms with Crippen LogP contribution in [-0.2, 0) is 19.5 Å². The van der Waals surface area contributed by atoms with Gasteiger partial charge in [0, 0.05) is 30.0 Å². The number of amides is 2. The van der Waals surface area contributed by atoms with Gasteiger partial charge >= 0.3 is 6.03 Å². The zero-order valence-corrected chi connectivity index (χ0v) is 14.1. The van der Waals surface area contributed by atoms with Crippen LogP contribution in [-0.4, -0.2) is 25.8 Å². The Morgan fingerprint density at radius 3 is 2.88 bits per heavy atom. The number of aromatic nitrogens is 4. The lowest BCUT2D eigenvalue weighted by molar-refractivity contribution is 0.251. The fraction of sp³-hybridized carbons (Fsp3) is 0.250. The summed E-state index contributed by atoms with van der Waals surface area (Å²) >= 11 is 1.61. The molecule has 3 aromatic rings. The van der Waals surface area contributed by atoms with E-state index in [1.54, 1.807) is 34.5 Å². The maximum atomic E-state index is 11.9. The molecular formula is C16H18N6OS. The van der Waals surface area contributed by atoms with Gasteiger partial charge in [-0.1, -0.05) is 6.92 Å². The molecule has 0 radical (unpaired) electrons. The summed E-state index contributed by atoms with van der Waals surface area (Å²) < 4.78 is 1.76. The molecule has 0 fully saturated rings. The number of anilines is 1. The van der Waals surface area contributed by atoms with E-state index in [0.717, 1.165) is 22.7 Å². The van der Waals surface area contributed by atoms with Gasteiger partial charge in [0.1, 0.15) is 0 Å². The van der Waals surface area contributed by atoms with Crippen molar-refractivity contribution in [3.8, 4) is 0 Å². The van der Waals surface area contributed by atoms with Gasteiger partial charge in [-0.3, -0.25) is 15.0 Å². The molecule has 0 bridgehead atoms. The van der Waals surface area contributed by atoms with Crippen molar-refractivity contribution in [2.75, 3.05) is 5.32 Å². The van der Waals surface area contributed by atoms with E-state index in [1.807, 2.05) is 23.7 Å².